The van der Waals surface area contributed by atoms with E-state index in [1.165, 1.54) is 11.1 Å². The van der Waals surface area contributed by atoms with E-state index in [1.54, 1.807) is 11.8 Å². The molecular formula is C16H24N2OS. The molecule has 0 saturated carbocycles. The maximum Gasteiger partial charge on any atom is 0.232 e. The van der Waals surface area contributed by atoms with Crippen LogP contribution in [0.25, 0.3) is 0 Å². The molecule has 1 fully saturated rings. The van der Waals surface area contributed by atoms with Gasteiger partial charge < -0.3 is 10.2 Å². The molecule has 4 heteroatoms. The quantitative estimate of drug-likeness (QED) is 0.873. The molecule has 1 aliphatic heterocycles. The standard InChI is InChI=1S/C16H24N2OS/c1-13-4-3-5-14(8-13)11-20-12-16(19)18-7-6-15(10-18)9-17-2/h3-5,8,15,17H,6-7,9-12H2,1-2H3. The molecule has 1 N–H and O–H groups in total. The topological polar surface area (TPSA) is 32.3 Å². The number of rotatable bonds is 6. The predicted octanol–water partition coefficient (Wildman–Crippen LogP) is 2.30. The van der Waals surface area contributed by atoms with Gasteiger partial charge >= 0.3 is 0 Å². The number of hydrogen-bond donors (Lipinski definition) is 1. The van der Waals surface area contributed by atoms with E-state index in [9.17, 15) is 4.79 Å². The molecule has 1 unspecified atom stereocenters. The highest BCUT2D eigenvalue weighted by atomic mass is 32.2. The van der Waals surface area contributed by atoms with Crippen molar-refractivity contribution in [2.75, 3.05) is 32.4 Å². The van der Waals surface area contributed by atoms with E-state index in [2.05, 4.69) is 36.5 Å². The lowest BCUT2D eigenvalue weighted by Gasteiger charge is -2.16. The Balaban J connectivity index is 1.70. The van der Waals surface area contributed by atoms with Gasteiger partial charge in [-0.1, -0.05) is 29.8 Å². The van der Waals surface area contributed by atoms with Gasteiger partial charge in [0, 0.05) is 18.8 Å². The zero-order valence-electron chi connectivity index (χ0n) is 12.4. The third kappa shape index (κ3) is 4.53. The summed E-state index contributed by atoms with van der Waals surface area (Å²) in [5.74, 6) is 2.44. The predicted molar refractivity (Wildman–Crippen MR) is 86.0 cm³/mol. The monoisotopic (exact) mass is 292 g/mol. The molecule has 2 rings (SSSR count). The van der Waals surface area contributed by atoms with Crippen molar-refractivity contribution < 1.29 is 4.79 Å². The minimum Gasteiger partial charge on any atom is -0.342 e. The van der Waals surface area contributed by atoms with Crippen molar-refractivity contribution in [3.63, 3.8) is 0 Å². The number of aryl methyl sites for hydroxylation is 1. The van der Waals surface area contributed by atoms with Crippen molar-refractivity contribution in [2.45, 2.75) is 19.1 Å². The first kappa shape index (κ1) is 15.4. The first-order chi connectivity index (χ1) is 9.69. The van der Waals surface area contributed by atoms with Gasteiger partial charge in [-0.25, -0.2) is 0 Å². The van der Waals surface area contributed by atoms with Crippen LogP contribution in [0.4, 0.5) is 0 Å². The normalized spacial score (nSPS) is 18.5. The van der Waals surface area contributed by atoms with Crippen LogP contribution in [-0.2, 0) is 10.5 Å². The number of likely N-dealkylation sites (tertiary alicyclic amines) is 1. The zero-order valence-corrected chi connectivity index (χ0v) is 13.2. The Labute approximate surface area is 126 Å². The van der Waals surface area contributed by atoms with E-state index in [0.717, 1.165) is 31.8 Å². The Bertz CT molecular complexity index is 450. The van der Waals surface area contributed by atoms with Gasteiger partial charge in [0.05, 0.1) is 5.75 Å². The van der Waals surface area contributed by atoms with Gasteiger partial charge in [-0.3, -0.25) is 4.79 Å². The van der Waals surface area contributed by atoms with E-state index in [4.69, 9.17) is 0 Å². The van der Waals surface area contributed by atoms with Gasteiger partial charge in [0.25, 0.3) is 0 Å². The molecule has 0 spiro atoms. The SMILES string of the molecule is CNCC1CCN(C(=O)CSCc2cccc(C)c2)C1. The Kier molecular flexibility index (Phi) is 5.92. The summed E-state index contributed by atoms with van der Waals surface area (Å²) in [5.41, 5.74) is 2.58. The van der Waals surface area contributed by atoms with E-state index in [-0.39, 0.29) is 0 Å². The van der Waals surface area contributed by atoms with E-state index in [0.29, 0.717) is 17.6 Å². The number of nitrogens with one attached hydrogen (secondary N) is 1. The van der Waals surface area contributed by atoms with Crippen molar-refractivity contribution >= 4 is 17.7 Å². The lowest BCUT2D eigenvalue weighted by molar-refractivity contribution is -0.127. The molecule has 1 atom stereocenters. The molecule has 1 aromatic rings. The number of hydrogen-bond acceptors (Lipinski definition) is 3. The van der Waals surface area contributed by atoms with E-state index in [1.807, 2.05) is 11.9 Å². The van der Waals surface area contributed by atoms with E-state index < -0.39 is 0 Å². The minimum absolute atomic E-state index is 0.293. The second-order valence-electron chi connectivity index (χ2n) is 5.53. The molecule has 1 heterocycles. The fraction of sp³-hybridized carbons (Fsp3) is 0.562. The molecule has 3 nitrogen and oxygen atoms in total. The fourth-order valence-electron chi connectivity index (χ4n) is 2.66. The number of carbonyl (C=O) groups excluding carboxylic acids is 1. The number of nitrogens with zero attached hydrogens (tertiary/aromatic N) is 1. The van der Waals surface area contributed by atoms with Crippen LogP contribution in [-0.4, -0.2) is 43.2 Å². The third-order valence-corrected chi connectivity index (χ3v) is 4.70. The van der Waals surface area contributed by atoms with E-state index >= 15 is 0 Å². The van der Waals surface area contributed by atoms with Gasteiger partial charge in [0.1, 0.15) is 0 Å². The smallest absolute Gasteiger partial charge is 0.232 e. The number of benzene rings is 1. The van der Waals surface area contributed by atoms with Crippen LogP contribution < -0.4 is 5.32 Å². The summed E-state index contributed by atoms with van der Waals surface area (Å²) in [7, 11) is 1.97. The summed E-state index contributed by atoms with van der Waals surface area (Å²) in [6.45, 7) is 4.96. The van der Waals surface area contributed by atoms with Crippen molar-refractivity contribution in [3.8, 4) is 0 Å². The average Bonchev–Trinajstić information content (AvgIpc) is 2.88. The highest BCUT2D eigenvalue weighted by Crippen LogP contribution is 2.18. The Hall–Kier alpha value is -1.00. The lowest BCUT2D eigenvalue weighted by atomic mass is 10.1. The molecular weight excluding hydrogens is 268 g/mol. The van der Waals surface area contributed by atoms with Crippen molar-refractivity contribution in [3.05, 3.63) is 35.4 Å². The average molecular weight is 292 g/mol. The zero-order chi connectivity index (χ0) is 14.4. The van der Waals surface area contributed by atoms with Crippen LogP contribution in [0.3, 0.4) is 0 Å². The summed E-state index contributed by atoms with van der Waals surface area (Å²) < 4.78 is 0. The summed E-state index contributed by atoms with van der Waals surface area (Å²) >= 11 is 1.72. The fourth-order valence-corrected chi connectivity index (χ4v) is 3.54. The first-order valence-corrected chi connectivity index (χ1v) is 8.40. The summed E-state index contributed by atoms with van der Waals surface area (Å²) in [6, 6.07) is 8.50. The van der Waals surface area contributed by atoms with Gasteiger partial charge in [0.15, 0.2) is 0 Å². The second kappa shape index (κ2) is 7.70. The molecule has 0 aliphatic carbocycles. The number of carbonyl (C=O) groups is 1. The maximum atomic E-state index is 12.1. The number of thioether (sulfide) groups is 1. The molecule has 110 valence electrons. The van der Waals surface area contributed by atoms with Crippen LogP contribution in [0.2, 0.25) is 0 Å². The first-order valence-electron chi connectivity index (χ1n) is 7.24. The van der Waals surface area contributed by atoms with Crippen LogP contribution in [0, 0.1) is 12.8 Å². The highest BCUT2D eigenvalue weighted by molar-refractivity contribution is 7.99. The molecule has 1 aromatic carbocycles. The maximum absolute atomic E-state index is 12.1. The molecule has 1 aliphatic rings. The van der Waals surface area contributed by atoms with Crippen LogP contribution in [0.1, 0.15) is 17.5 Å². The third-order valence-electron chi connectivity index (χ3n) is 3.71. The summed E-state index contributed by atoms with van der Waals surface area (Å²) in [6.07, 6.45) is 1.13. The van der Waals surface area contributed by atoms with Crippen molar-refractivity contribution in [1.29, 1.82) is 0 Å². The Morgan fingerprint density at radius 3 is 3.10 bits per heavy atom. The molecule has 0 aromatic heterocycles. The van der Waals surface area contributed by atoms with Crippen molar-refractivity contribution in [1.82, 2.24) is 10.2 Å². The highest BCUT2D eigenvalue weighted by Gasteiger charge is 2.25. The largest absolute Gasteiger partial charge is 0.342 e. The second-order valence-corrected chi connectivity index (χ2v) is 6.52. The molecule has 0 bridgehead atoms. The summed E-state index contributed by atoms with van der Waals surface area (Å²) in [5, 5.41) is 3.20. The van der Waals surface area contributed by atoms with Gasteiger partial charge in [-0.2, -0.15) is 0 Å². The van der Waals surface area contributed by atoms with Crippen LogP contribution >= 0.6 is 11.8 Å². The Morgan fingerprint density at radius 2 is 2.35 bits per heavy atom. The minimum atomic E-state index is 0.293. The van der Waals surface area contributed by atoms with Gasteiger partial charge in [-0.15, -0.1) is 11.8 Å². The van der Waals surface area contributed by atoms with Crippen molar-refractivity contribution in [2.24, 2.45) is 5.92 Å². The molecule has 1 amide bonds. The molecule has 1 saturated heterocycles. The van der Waals surface area contributed by atoms with Crippen LogP contribution in [0.15, 0.2) is 24.3 Å². The number of amides is 1. The molecule has 0 radical (unpaired) electrons. The Morgan fingerprint density at radius 1 is 1.50 bits per heavy atom. The van der Waals surface area contributed by atoms with Gasteiger partial charge in [-0.05, 0) is 38.4 Å². The van der Waals surface area contributed by atoms with Gasteiger partial charge in [0.2, 0.25) is 5.91 Å². The van der Waals surface area contributed by atoms with Crippen LogP contribution in [0.5, 0.6) is 0 Å². The molecule has 20 heavy (non-hydrogen) atoms. The summed E-state index contributed by atoms with van der Waals surface area (Å²) in [4.78, 5) is 14.2. The lowest BCUT2D eigenvalue weighted by Crippen LogP contribution is -2.31.